The molecule has 10 heteroatoms. The summed E-state index contributed by atoms with van der Waals surface area (Å²) in [4.78, 5) is 41.1. The van der Waals surface area contributed by atoms with Gasteiger partial charge in [0.25, 0.3) is 0 Å². The van der Waals surface area contributed by atoms with Gasteiger partial charge in [-0.2, -0.15) is 0 Å². The summed E-state index contributed by atoms with van der Waals surface area (Å²) < 4.78 is 10.8. The average Bonchev–Trinajstić information content (AvgIpc) is 3.25. The fraction of sp³-hybridized carbons (Fsp3) is 0.458. The number of rotatable bonds is 8. The van der Waals surface area contributed by atoms with Crippen LogP contribution in [-0.4, -0.2) is 79.2 Å². The van der Waals surface area contributed by atoms with E-state index in [1.54, 1.807) is 41.3 Å². The molecule has 2 atom stereocenters. The summed E-state index contributed by atoms with van der Waals surface area (Å²) in [5, 5.41) is 6.27. The molecule has 1 aromatic rings. The van der Waals surface area contributed by atoms with Gasteiger partial charge in [-0.15, -0.1) is 0 Å². The number of anilines is 1. The number of benzene rings is 1. The first-order valence-corrected chi connectivity index (χ1v) is 11.7. The highest BCUT2D eigenvalue weighted by atomic mass is 35.5. The third-order valence-electron chi connectivity index (χ3n) is 5.61. The summed E-state index contributed by atoms with van der Waals surface area (Å²) in [5.74, 6) is -0.356. The quantitative estimate of drug-likeness (QED) is 0.546. The minimum absolute atomic E-state index is 0.0581. The summed E-state index contributed by atoms with van der Waals surface area (Å²) in [5.41, 5.74) is 1.17. The fourth-order valence-corrected chi connectivity index (χ4v) is 3.97. The van der Waals surface area contributed by atoms with E-state index in [1.165, 1.54) is 4.90 Å². The van der Waals surface area contributed by atoms with Crippen molar-refractivity contribution in [2.24, 2.45) is 0 Å². The van der Waals surface area contributed by atoms with Crippen LogP contribution in [0.2, 0.25) is 5.02 Å². The molecule has 0 saturated carbocycles. The van der Waals surface area contributed by atoms with Gasteiger partial charge in [-0.25, -0.2) is 4.79 Å². The van der Waals surface area contributed by atoms with Crippen molar-refractivity contribution >= 4 is 35.1 Å². The van der Waals surface area contributed by atoms with Crippen molar-refractivity contribution in [3.8, 4) is 0 Å². The van der Waals surface area contributed by atoms with E-state index in [0.29, 0.717) is 55.7 Å². The van der Waals surface area contributed by atoms with E-state index in [9.17, 15) is 14.4 Å². The Hall–Kier alpha value is -2.88. The Labute approximate surface area is 204 Å². The normalized spacial score (nSPS) is 21.3. The Balaban J connectivity index is 1.62. The first-order chi connectivity index (χ1) is 16.4. The summed E-state index contributed by atoms with van der Waals surface area (Å²) in [7, 11) is 0. The maximum absolute atomic E-state index is 13.1. The predicted octanol–water partition coefficient (Wildman–Crippen LogP) is 2.79. The van der Waals surface area contributed by atoms with Crippen LogP contribution < -0.4 is 10.6 Å². The molecule has 2 aliphatic heterocycles. The lowest BCUT2D eigenvalue weighted by Gasteiger charge is -2.25. The highest BCUT2D eigenvalue weighted by Gasteiger charge is 2.40. The van der Waals surface area contributed by atoms with Gasteiger partial charge in [0, 0.05) is 49.1 Å². The molecule has 0 radical (unpaired) electrons. The van der Waals surface area contributed by atoms with Crippen molar-refractivity contribution in [2.75, 3.05) is 44.8 Å². The average molecular weight is 491 g/mol. The molecule has 0 spiro atoms. The number of halogens is 1. The van der Waals surface area contributed by atoms with Crippen LogP contribution in [0.1, 0.15) is 20.3 Å². The van der Waals surface area contributed by atoms with E-state index >= 15 is 0 Å². The van der Waals surface area contributed by atoms with Gasteiger partial charge >= 0.3 is 6.03 Å². The SMILES string of the molecule is C/C=C(\C=C/CN1CCOCC1=O)NC(=O)C1CC(OCC)CN1C(=O)Nc1ccc(Cl)cc1. The number of morpholine rings is 1. The van der Waals surface area contributed by atoms with E-state index in [2.05, 4.69) is 10.6 Å². The number of likely N-dealkylation sites (tertiary alicyclic amines) is 1. The number of allylic oxidation sites excluding steroid dienone is 2. The standard InChI is InChI=1S/C24H31ClN4O5/c1-3-18(6-5-11-28-12-13-33-16-22(28)30)26-23(31)21-14-20(34-4-2)15-29(21)24(32)27-19-9-7-17(25)8-10-19/h3,5-10,20-21H,4,11-16H2,1-2H3,(H,26,31)(H,27,32)/b6-5-,18-3+. The Bertz CT molecular complexity index is 934. The van der Waals surface area contributed by atoms with Gasteiger partial charge in [-0.3, -0.25) is 9.59 Å². The van der Waals surface area contributed by atoms with Crippen molar-refractivity contribution in [1.29, 1.82) is 0 Å². The van der Waals surface area contributed by atoms with Crippen LogP contribution in [0.25, 0.3) is 0 Å². The van der Waals surface area contributed by atoms with Gasteiger partial charge < -0.3 is 29.9 Å². The summed E-state index contributed by atoms with van der Waals surface area (Å²) >= 11 is 5.92. The zero-order chi connectivity index (χ0) is 24.5. The van der Waals surface area contributed by atoms with Gasteiger partial charge in [-0.1, -0.05) is 23.8 Å². The zero-order valence-electron chi connectivity index (χ0n) is 19.5. The van der Waals surface area contributed by atoms with Crippen molar-refractivity contribution in [3.05, 3.63) is 53.2 Å². The summed E-state index contributed by atoms with van der Waals surface area (Å²) in [6, 6.07) is 5.70. The molecular weight excluding hydrogens is 460 g/mol. The molecule has 2 fully saturated rings. The third-order valence-corrected chi connectivity index (χ3v) is 5.86. The van der Waals surface area contributed by atoms with Crippen molar-refractivity contribution in [2.45, 2.75) is 32.4 Å². The molecule has 2 saturated heterocycles. The predicted molar refractivity (Wildman–Crippen MR) is 129 cm³/mol. The molecule has 0 aliphatic carbocycles. The summed E-state index contributed by atoms with van der Waals surface area (Å²) in [6.07, 6.45) is 5.52. The Morgan fingerprint density at radius 3 is 2.74 bits per heavy atom. The number of hydrogen-bond acceptors (Lipinski definition) is 5. The molecular formula is C24H31ClN4O5. The topological polar surface area (TPSA) is 100 Å². The van der Waals surface area contributed by atoms with Crippen LogP contribution in [-0.2, 0) is 19.1 Å². The number of carbonyl (C=O) groups is 3. The van der Waals surface area contributed by atoms with Crippen LogP contribution in [0, 0.1) is 0 Å². The molecule has 0 aromatic heterocycles. The molecule has 3 rings (SSSR count). The van der Waals surface area contributed by atoms with Crippen molar-refractivity contribution in [1.82, 2.24) is 15.1 Å². The lowest BCUT2D eigenvalue weighted by Crippen LogP contribution is -2.47. The smallest absolute Gasteiger partial charge is 0.322 e. The van der Waals surface area contributed by atoms with E-state index in [0.717, 1.165) is 0 Å². The minimum atomic E-state index is -0.687. The van der Waals surface area contributed by atoms with E-state index in [1.807, 2.05) is 19.9 Å². The Kier molecular flexibility index (Phi) is 9.50. The highest BCUT2D eigenvalue weighted by Crippen LogP contribution is 2.23. The second kappa shape index (κ2) is 12.5. The summed E-state index contributed by atoms with van der Waals surface area (Å²) in [6.45, 7) is 6.08. The lowest BCUT2D eigenvalue weighted by atomic mass is 10.1. The molecule has 1 aromatic carbocycles. The van der Waals surface area contributed by atoms with Gasteiger partial charge in [-0.05, 0) is 44.2 Å². The second-order valence-electron chi connectivity index (χ2n) is 7.95. The Morgan fingerprint density at radius 1 is 1.29 bits per heavy atom. The fourth-order valence-electron chi connectivity index (χ4n) is 3.84. The van der Waals surface area contributed by atoms with Gasteiger partial charge in [0.15, 0.2) is 0 Å². The van der Waals surface area contributed by atoms with Gasteiger partial charge in [0.05, 0.1) is 12.7 Å². The molecule has 9 nitrogen and oxygen atoms in total. The monoisotopic (exact) mass is 490 g/mol. The van der Waals surface area contributed by atoms with E-state index in [-0.39, 0.29) is 30.6 Å². The highest BCUT2D eigenvalue weighted by molar-refractivity contribution is 6.30. The molecule has 2 aliphatic rings. The molecule has 2 heterocycles. The molecule has 184 valence electrons. The third kappa shape index (κ3) is 7.06. The maximum Gasteiger partial charge on any atom is 0.322 e. The lowest BCUT2D eigenvalue weighted by molar-refractivity contribution is -0.141. The number of carbonyl (C=O) groups excluding carboxylic acids is 3. The van der Waals surface area contributed by atoms with Gasteiger partial charge in [0.1, 0.15) is 12.6 Å². The van der Waals surface area contributed by atoms with Crippen molar-refractivity contribution in [3.63, 3.8) is 0 Å². The number of hydrogen-bond donors (Lipinski definition) is 2. The Morgan fingerprint density at radius 2 is 2.06 bits per heavy atom. The van der Waals surface area contributed by atoms with E-state index in [4.69, 9.17) is 21.1 Å². The molecule has 34 heavy (non-hydrogen) atoms. The number of amides is 4. The molecule has 2 N–H and O–H groups in total. The number of nitrogens with zero attached hydrogens (tertiary/aromatic N) is 2. The molecule has 2 unspecified atom stereocenters. The first-order valence-electron chi connectivity index (χ1n) is 11.3. The van der Waals surface area contributed by atoms with Crippen LogP contribution in [0.3, 0.4) is 0 Å². The zero-order valence-corrected chi connectivity index (χ0v) is 20.2. The first kappa shape index (κ1) is 25.7. The number of ether oxygens (including phenoxy) is 2. The van der Waals surface area contributed by atoms with Crippen LogP contribution in [0.4, 0.5) is 10.5 Å². The second-order valence-corrected chi connectivity index (χ2v) is 8.38. The number of nitrogens with one attached hydrogen (secondary N) is 2. The van der Waals surface area contributed by atoms with E-state index < -0.39 is 6.04 Å². The molecule has 0 bridgehead atoms. The van der Waals surface area contributed by atoms with Crippen LogP contribution in [0.15, 0.2) is 48.2 Å². The van der Waals surface area contributed by atoms with Crippen LogP contribution in [0.5, 0.6) is 0 Å². The minimum Gasteiger partial charge on any atom is -0.377 e. The van der Waals surface area contributed by atoms with Crippen LogP contribution >= 0.6 is 11.6 Å². The molecule has 4 amide bonds. The largest absolute Gasteiger partial charge is 0.377 e. The van der Waals surface area contributed by atoms with Gasteiger partial charge in [0.2, 0.25) is 11.8 Å². The van der Waals surface area contributed by atoms with Crippen molar-refractivity contribution < 1.29 is 23.9 Å². The maximum atomic E-state index is 13.1. The number of urea groups is 1.